The van der Waals surface area contributed by atoms with E-state index in [4.69, 9.17) is 4.74 Å². The van der Waals surface area contributed by atoms with Crippen LogP contribution in [0.4, 0.5) is 0 Å². The summed E-state index contributed by atoms with van der Waals surface area (Å²) < 4.78 is 5.26. The first kappa shape index (κ1) is 19.7. The molecule has 0 fully saturated rings. The van der Waals surface area contributed by atoms with Gasteiger partial charge in [0, 0.05) is 13.5 Å². The van der Waals surface area contributed by atoms with Crippen molar-refractivity contribution in [3.05, 3.63) is 71.8 Å². The highest BCUT2D eigenvalue weighted by Crippen LogP contribution is 2.14. The Balaban J connectivity index is 2.18. The zero-order valence-electron chi connectivity index (χ0n) is 15.4. The van der Waals surface area contributed by atoms with E-state index in [1.54, 1.807) is 11.9 Å². The van der Waals surface area contributed by atoms with Gasteiger partial charge in [0.25, 0.3) is 0 Å². The van der Waals surface area contributed by atoms with Crippen LogP contribution in [0.1, 0.15) is 31.4 Å². The maximum Gasteiger partial charge on any atom is 0.325 e. The predicted molar refractivity (Wildman–Crippen MR) is 101 cm³/mol. The van der Waals surface area contributed by atoms with Gasteiger partial charge < -0.3 is 4.74 Å². The number of benzene rings is 2. The third-order valence-electron chi connectivity index (χ3n) is 3.98. The zero-order valence-corrected chi connectivity index (χ0v) is 15.4. The van der Waals surface area contributed by atoms with Gasteiger partial charge in [-0.25, -0.2) is 5.01 Å². The molecule has 0 radical (unpaired) electrons. The van der Waals surface area contributed by atoms with Crippen LogP contribution in [0.5, 0.6) is 0 Å². The summed E-state index contributed by atoms with van der Waals surface area (Å²) in [6.07, 6.45) is 1.27. The SMILES string of the molecule is CCOC(=O)[C@H](CCc1ccccc1)N(Cc1ccccc1)NC(C)=O. The number of aryl methyl sites for hydroxylation is 1. The molecule has 0 aromatic heterocycles. The summed E-state index contributed by atoms with van der Waals surface area (Å²) in [5.74, 6) is -0.539. The largest absolute Gasteiger partial charge is 0.465 e. The van der Waals surface area contributed by atoms with Gasteiger partial charge in [-0.05, 0) is 30.9 Å². The number of carbonyl (C=O) groups is 2. The predicted octanol–water partition coefficient (Wildman–Crippen LogP) is 3.10. The lowest BCUT2D eigenvalue weighted by Crippen LogP contribution is -2.51. The number of nitrogens with one attached hydrogen (secondary N) is 1. The Morgan fingerprint density at radius 3 is 2.12 bits per heavy atom. The second-order valence-electron chi connectivity index (χ2n) is 6.07. The Morgan fingerprint density at radius 1 is 1.00 bits per heavy atom. The minimum Gasteiger partial charge on any atom is -0.465 e. The van der Waals surface area contributed by atoms with Crippen molar-refractivity contribution in [2.24, 2.45) is 0 Å². The zero-order chi connectivity index (χ0) is 18.8. The van der Waals surface area contributed by atoms with E-state index in [9.17, 15) is 9.59 Å². The third-order valence-corrected chi connectivity index (χ3v) is 3.98. The number of carbonyl (C=O) groups excluding carboxylic acids is 2. The average molecular weight is 354 g/mol. The van der Waals surface area contributed by atoms with Crippen LogP contribution in [0.3, 0.4) is 0 Å². The minimum absolute atomic E-state index is 0.213. The van der Waals surface area contributed by atoms with Gasteiger partial charge >= 0.3 is 5.97 Å². The molecule has 1 amide bonds. The van der Waals surface area contributed by atoms with Crippen molar-refractivity contribution >= 4 is 11.9 Å². The molecule has 0 heterocycles. The Bertz CT molecular complexity index is 689. The summed E-state index contributed by atoms with van der Waals surface area (Å²) in [4.78, 5) is 24.3. The lowest BCUT2D eigenvalue weighted by atomic mass is 10.0. The summed E-state index contributed by atoms with van der Waals surface area (Å²) >= 11 is 0. The smallest absolute Gasteiger partial charge is 0.325 e. The number of hydrogen-bond donors (Lipinski definition) is 1. The van der Waals surface area contributed by atoms with Crippen molar-refractivity contribution in [2.45, 2.75) is 39.3 Å². The molecule has 1 atom stereocenters. The minimum atomic E-state index is -0.556. The van der Waals surface area contributed by atoms with Crippen molar-refractivity contribution in [3.8, 4) is 0 Å². The van der Waals surface area contributed by atoms with Crippen LogP contribution >= 0.6 is 0 Å². The molecule has 26 heavy (non-hydrogen) atoms. The molecule has 5 nitrogen and oxygen atoms in total. The highest BCUT2D eigenvalue weighted by atomic mass is 16.5. The van der Waals surface area contributed by atoms with E-state index < -0.39 is 6.04 Å². The standard InChI is InChI=1S/C21H26N2O3/c1-3-26-21(25)20(15-14-18-10-6-4-7-11-18)23(22-17(2)24)16-19-12-8-5-9-13-19/h4-13,20H,3,14-16H2,1-2H3,(H,22,24)/t20-/m0/s1. The fourth-order valence-corrected chi connectivity index (χ4v) is 2.80. The van der Waals surface area contributed by atoms with Gasteiger partial charge in [-0.3, -0.25) is 15.0 Å². The second kappa shape index (κ2) is 10.4. The Kier molecular flexibility index (Phi) is 7.83. The first-order chi connectivity index (χ1) is 12.6. The van der Waals surface area contributed by atoms with Crippen LogP contribution in [-0.2, 0) is 27.3 Å². The second-order valence-corrected chi connectivity index (χ2v) is 6.07. The number of hydrogen-bond acceptors (Lipinski definition) is 4. The number of ether oxygens (including phenoxy) is 1. The molecule has 0 bridgehead atoms. The van der Waals surface area contributed by atoms with Gasteiger partial charge in [-0.2, -0.15) is 0 Å². The molecule has 0 aliphatic rings. The summed E-state index contributed by atoms with van der Waals surface area (Å²) in [5.41, 5.74) is 4.95. The van der Waals surface area contributed by atoms with E-state index in [-0.39, 0.29) is 11.9 Å². The summed E-state index contributed by atoms with van der Waals surface area (Å²) in [7, 11) is 0. The highest BCUT2D eigenvalue weighted by molar-refractivity contribution is 5.77. The molecule has 2 rings (SSSR count). The van der Waals surface area contributed by atoms with Crippen LogP contribution < -0.4 is 5.43 Å². The van der Waals surface area contributed by atoms with Crippen LogP contribution in [0.2, 0.25) is 0 Å². The van der Waals surface area contributed by atoms with Crippen molar-refractivity contribution < 1.29 is 14.3 Å². The fraction of sp³-hybridized carbons (Fsp3) is 0.333. The lowest BCUT2D eigenvalue weighted by molar-refractivity contribution is -0.152. The molecule has 5 heteroatoms. The van der Waals surface area contributed by atoms with Gasteiger partial charge in [-0.1, -0.05) is 60.7 Å². The van der Waals surface area contributed by atoms with Crippen molar-refractivity contribution in [3.63, 3.8) is 0 Å². The molecule has 138 valence electrons. The van der Waals surface area contributed by atoms with Crippen molar-refractivity contribution in [1.82, 2.24) is 10.4 Å². The molecule has 0 aliphatic heterocycles. The first-order valence-electron chi connectivity index (χ1n) is 8.88. The normalized spacial score (nSPS) is 11.8. The van der Waals surface area contributed by atoms with E-state index >= 15 is 0 Å². The number of hydrazine groups is 1. The summed E-state index contributed by atoms with van der Waals surface area (Å²) in [5, 5.41) is 1.68. The molecule has 0 aliphatic carbocycles. The van der Waals surface area contributed by atoms with E-state index in [2.05, 4.69) is 5.43 Å². The van der Waals surface area contributed by atoms with E-state index in [0.29, 0.717) is 19.6 Å². The van der Waals surface area contributed by atoms with E-state index in [1.807, 2.05) is 60.7 Å². The maximum atomic E-state index is 12.6. The molecular formula is C21H26N2O3. The molecule has 2 aromatic rings. The monoisotopic (exact) mass is 354 g/mol. The van der Waals surface area contributed by atoms with Crippen molar-refractivity contribution in [2.75, 3.05) is 6.61 Å². The Morgan fingerprint density at radius 2 is 1.58 bits per heavy atom. The van der Waals surface area contributed by atoms with Crippen LogP contribution in [0, 0.1) is 0 Å². The molecule has 2 aromatic carbocycles. The number of nitrogens with zero attached hydrogens (tertiary/aromatic N) is 1. The van der Waals surface area contributed by atoms with Crippen LogP contribution in [0.15, 0.2) is 60.7 Å². The Labute approximate surface area is 154 Å². The van der Waals surface area contributed by atoms with Crippen LogP contribution in [-0.4, -0.2) is 29.5 Å². The maximum absolute atomic E-state index is 12.6. The number of amides is 1. The topological polar surface area (TPSA) is 58.6 Å². The van der Waals surface area contributed by atoms with E-state index in [0.717, 1.165) is 17.5 Å². The average Bonchev–Trinajstić information content (AvgIpc) is 2.63. The molecule has 0 spiro atoms. The fourth-order valence-electron chi connectivity index (χ4n) is 2.80. The Hall–Kier alpha value is -2.66. The van der Waals surface area contributed by atoms with Crippen molar-refractivity contribution in [1.29, 1.82) is 0 Å². The number of rotatable bonds is 9. The molecule has 1 N–H and O–H groups in total. The summed E-state index contributed by atoms with van der Waals surface area (Å²) in [6.45, 7) is 3.96. The highest BCUT2D eigenvalue weighted by Gasteiger charge is 2.28. The lowest BCUT2D eigenvalue weighted by Gasteiger charge is -2.30. The molecule has 0 unspecified atom stereocenters. The van der Waals surface area contributed by atoms with Gasteiger partial charge in [-0.15, -0.1) is 0 Å². The van der Waals surface area contributed by atoms with Gasteiger partial charge in [0.1, 0.15) is 6.04 Å². The molecular weight excluding hydrogens is 328 g/mol. The third kappa shape index (κ3) is 6.33. The van der Waals surface area contributed by atoms with E-state index in [1.165, 1.54) is 6.92 Å². The van der Waals surface area contributed by atoms with Gasteiger partial charge in [0.05, 0.1) is 6.61 Å². The number of esters is 1. The quantitative estimate of drug-likeness (QED) is 0.555. The summed E-state index contributed by atoms with van der Waals surface area (Å²) in [6, 6.07) is 19.2. The molecule has 0 saturated carbocycles. The molecule has 0 saturated heterocycles. The van der Waals surface area contributed by atoms with Gasteiger partial charge in [0.2, 0.25) is 5.91 Å². The van der Waals surface area contributed by atoms with Crippen LogP contribution in [0.25, 0.3) is 0 Å². The van der Waals surface area contributed by atoms with Gasteiger partial charge in [0.15, 0.2) is 0 Å². The first-order valence-corrected chi connectivity index (χ1v) is 8.88.